The Balaban J connectivity index is 2.19. The van der Waals surface area contributed by atoms with Crippen LogP contribution in [0.5, 0.6) is 0 Å². The Hall–Kier alpha value is -1.26. The van der Waals surface area contributed by atoms with Gasteiger partial charge in [-0.15, -0.1) is 0 Å². The first-order valence-corrected chi connectivity index (χ1v) is 5.62. The number of halogens is 1. The van der Waals surface area contributed by atoms with Crippen LogP contribution in [-0.2, 0) is 14.3 Å². The maximum atomic E-state index is 13.6. The van der Waals surface area contributed by atoms with Gasteiger partial charge in [-0.25, -0.2) is 4.39 Å². The number of hydrogen-bond acceptors (Lipinski definition) is 3. The number of ether oxygens (including phenoxy) is 2. The summed E-state index contributed by atoms with van der Waals surface area (Å²) in [4.78, 5) is 12.0. The van der Waals surface area contributed by atoms with Crippen LogP contribution in [0.1, 0.15) is 24.5 Å². The van der Waals surface area contributed by atoms with Crippen molar-refractivity contribution in [3.63, 3.8) is 0 Å². The fourth-order valence-corrected chi connectivity index (χ4v) is 1.73. The van der Waals surface area contributed by atoms with Gasteiger partial charge >= 0.3 is 0 Å². The van der Waals surface area contributed by atoms with Crippen LogP contribution in [0.25, 0.3) is 0 Å². The van der Waals surface area contributed by atoms with Crippen molar-refractivity contribution in [3.05, 3.63) is 35.6 Å². The number of rotatable bonds is 6. The minimum Gasteiger partial charge on any atom is -0.359 e. The van der Waals surface area contributed by atoms with Crippen LogP contribution in [-0.4, -0.2) is 19.7 Å². The SMILES string of the molecule is COCOC(C(=O)C1CC1)c1ccccc1F. The number of Topliss-reactive ketones (excluding diaryl/α,β-unsaturated/α-hetero) is 1. The predicted molar refractivity (Wildman–Crippen MR) is 59.8 cm³/mol. The van der Waals surface area contributed by atoms with E-state index in [4.69, 9.17) is 9.47 Å². The average molecular weight is 238 g/mol. The van der Waals surface area contributed by atoms with Gasteiger partial charge in [-0.05, 0) is 18.9 Å². The average Bonchev–Trinajstić information content (AvgIpc) is 3.15. The molecule has 0 saturated heterocycles. The van der Waals surface area contributed by atoms with Crippen molar-refractivity contribution in [2.75, 3.05) is 13.9 Å². The monoisotopic (exact) mass is 238 g/mol. The summed E-state index contributed by atoms with van der Waals surface area (Å²) in [7, 11) is 1.47. The van der Waals surface area contributed by atoms with E-state index in [0.717, 1.165) is 12.8 Å². The van der Waals surface area contributed by atoms with Gasteiger partial charge in [0.1, 0.15) is 18.7 Å². The molecule has 1 aromatic rings. The van der Waals surface area contributed by atoms with E-state index in [2.05, 4.69) is 0 Å². The summed E-state index contributed by atoms with van der Waals surface area (Å²) < 4.78 is 23.7. The van der Waals surface area contributed by atoms with Crippen molar-refractivity contribution in [2.24, 2.45) is 5.92 Å². The summed E-state index contributed by atoms with van der Waals surface area (Å²) in [5, 5.41) is 0. The highest BCUT2D eigenvalue weighted by molar-refractivity contribution is 5.88. The minimum atomic E-state index is -0.844. The second kappa shape index (κ2) is 5.38. The number of benzene rings is 1. The van der Waals surface area contributed by atoms with Gasteiger partial charge in [0.2, 0.25) is 0 Å². The third-order valence-electron chi connectivity index (χ3n) is 2.78. The number of hydrogen-bond donors (Lipinski definition) is 0. The first kappa shape index (κ1) is 12.2. The van der Waals surface area contributed by atoms with Gasteiger partial charge < -0.3 is 9.47 Å². The molecule has 0 radical (unpaired) electrons. The van der Waals surface area contributed by atoms with Crippen LogP contribution < -0.4 is 0 Å². The van der Waals surface area contributed by atoms with Crippen molar-refractivity contribution < 1.29 is 18.7 Å². The summed E-state index contributed by atoms with van der Waals surface area (Å²) in [5.41, 5.74) is 0.293. The zero-order chi connectivity index (χ0) is 12.3. The van der Waals surface area contributed by atoms with Gasteiger partial charge in [-0.1, -0.05) is 18.2 Å². The number of ketones is 1. The molecule has 92 valence electrons. The first-order chi connectivity index (χ1) is 8.24. The van der Waals surface area contributed by atoms with E-state index in [1.54, 1.807) is 18.2 Å². The van der Waals surface area contributed by atoms with Crippen molar-refractivity contribution in [1.82, 2.24) is 0 Å². The standard InChI is InChI=1S/C13H15FO3/c1-16-8-17-13(12(15)9-6-7-9)10-4-2-3-5-11(10)14/h2-5,9,13H,6-8H2,1H3. The Labute approximate surface area is 99.5 Å². The largest absolute Gasteiger partial charge is 0.359 e. The molecule has 1 aliphatic rings. The maximum Gasteiger partial charge on any atom is 0.169 e. The summed E-state index contributed by atoms with van der Waals surface area (Å²) in [6.07, 6.45) is 0.906. The molecule has 2 rings (SSSR count). The molecule has 0 spiro atoms. The summed E-state index contributed by atoms with van der Waals surface area (Å²) >= 11 is 0. The van der Waals surface area contributed by atoms with E-state index in [1.807, 2.05) is 0 Å². The lowest BCUT2D eigenvalue weighted by molar-refractivity contribution is -0.141. The molecular weight excluding hydrogens is 223 g/mol. The van der Waals surface area contributed by atoms with Crippen LogP contribution in [0.2, 0.25) is 0 Å². The van der Waals surface area contributed by atoms with Crippen LogP contribution in [0.4, 0.5) is 4.39 Å². The molecule has 0 amide bonds. The zero-order valence-electron chi connectivity index (χ0n) is 9.69. The van der Waals surface area contributed by atoms with Gasteiger partial charge in [0.25, 0.3) is 0 Å². The topological polar surface area (TPSA) is 35.5 Å². The molecular formula is C13H15FO3. The van der Waals surface area contributed by atoms with E-state index in [-0.39, 0.29) is 18.5 Å². The zero-order valence-corrected chi connectivity index (χ0v) is 9.69. The van der Waals surface area contributed by atoms with E-state index in [0.29, 0.717) is 5.56 Å². The molecule has 3 nitrogen and oxygen atoms in total. The molecule has 1 unspecified atom stereocenters. The third-order valence-corrected chi connectivity index (χ3v) is 2.78. The molecule has 1 atom stereocenters. The van der Waals surface area contributed by atoms with Crippen LogP contribution in [0.3, 0.4) is 0 Å². The highest BCUT2D eigenvalue weighted by Crippen LogP contribution is 2.36. The summed E-state index contributed by atoms with van der Waals surface area (Å²) in [6.45, 7) is -0.0164. The van der Waals surface area contributed by atoms with Crippen molar-refractivity contribution in [3.8, 4) is 0 Å². The smallest absolute Gasteiger partial charge is 0.169 e. The Kier molecular flexibility index (Phi) is 3.86. The molecule has 0 aromatic heterocycles. The summed E-state index contributed by atoms with van der Waals surface area (Å²) in [6, 6.07) is 6.20. The molecule has 0 N–H and O–H groups in total. The van der Waals surface area contributed by atoms with Gasteiger partial charge in [-0.3, -0.25) is 4.79 Å². The summed E-state index contributed by atoms with van der Waals surface area (Å²) in [5.74, 6) is -0.439. The molecule has 1 saturated carbocycles. The lowest BCUT2D eigenvalue weighted by Crippen LogP contribution is -2.20. The van der Waals surface area contributed by atoms with Crippen molar-refractivity contribution >= 4 is 5.78 Å². The lowest BCUT2D eigenvalue weighted by atomic mass is 10.0. The fraction of sp³-hybridized carbons (Fsp3) is 0.462. The maximum absolute atomic E-state index is 13.6. The van der Waals surface area contributed by atoms with E-state index < -0.39 is 11.9 Å². The van der Waals surface area contributed by atoms with Crippen LogP contribution in [0, 0.1) is 11.7 Å². The highest BCUT2D eigenvalue weighted by atomic mass is 19.1. The van der Waals surface area contributed by atoms with Crippen LogP contribution in [0.15, 0.2) is 24.3 Å². The quantitative estimate of drug-likeness (QED) is 0.714. The van der Waals surface area contributed by atoms with E-state index in [9.17, 15) is 9.18 Å². The Morgan fingerprint density at radius 1 is 1.47 bits per heavy atom. The number of methoxy groups -OCH3 is 1. The number of carbonyl (C=O) groups excluding carboxylic acids is 1. The highest BCUT2D eigenvalue weighted by Gasteiger charge is 2.37. The molecule has 1 fully saturated rings. The second-order valence-corrected chi connectivity index (χ2v) is 4.15. The first-order valence-electron chi connectivity index (χ1n) is 5.62. The minimum absolute atomic E-state index is 0.0164. The Morgan fingerprint density at radius 3 is 2.76 bits per heavy atom. The van der Waals surface area contributed by atoms with Crippen molar-refractivity contribution in [1.29, 1.82) is 0 Å². The predicted octanol–water partition coefficient (Wildman–Crippen LogP) is 2.47. The third kappa shape index (κ3) is 2.90. The van der Waals surface area contributed by atoms with Crippen LogP contribution >= 0.6 is 0 Å². The van der Waals surface area contributed by atoms with Gasteiger partial charge in [0, 0.05) is 18.6 Å². The molecule has 0 heterocycles. The molecule has 1 aromatic carbocycles. The molecule has 4 heteroatoms. The van der Waals surface area contributed by atoms with E-state index in [1.165, 1.54) is 13.2 Å². The second-order valence-electron chi connectivity index (χ2n) is 4.15. The van der Waals surface area contributed by atoms with Crippen molar-refractivity contribution in [2.45, 2.75) is 18.9 Å². The van der Waals surface area contributed by atoms with E-state index >= 15 is 0 Å². The molecule has 0 aliphatic heterocycles. The fourth-order valence-electron chi connectivity index (χ4n) is 1.73. The lowest BCUT2D eigenvalue weighted by Gasteiger charge is -2.17. The van der Waals surface area contributed by atoms with Gasteiger partial charge in [-0.2, -0.15) is 0 Å². The Morgan fingerprint density at radius 2 is 2.18 bits per heavy atom. The number of carbonyl (C=O) groups is 1. The normalized spacial score (nSPS) is 16.8. The van der Waals surface area contributed by atoms with Gasteiger partial charge in [0.05, 0.1) is 0 Å². The Bertz CT molecular complexity index is 401. The van der Waals surface area contributed by atoms with Gasteiger partial charge in [0.15, 0.2) is 5.78 Å². The molecule has 0 bridgehead atoms. The molecule has 17 heavy (non-hydrogen) atoms. The molecule has 1 aliphatic carbocycles.